The van der Waals surface area contributed by atoms with E-state index < -0.39 is 5.97 Å². The Morgan fingerprint density at radius 2 is 1.94 bits per heavy atom. The third-order valence-corrected chi connectivity index (χ3v) is 7.02. The lowest BCUT2D eigenvalue weighted by Crippen LogP contribution is -2.38. The van der Waals surface area contributed by atoms with Crippen LogP contribution in [0.3, 0.4) is 0 Å². The SMILES string of the molecule is CN1CCc2c(sc3c2C(=O)N[C@@H](c2ccc(OC(=O)c4ccccc4Cl)cc2)N3)C1. The molecule has 0 bridgehead atoms. The van der Waals surface area contributed by atoms with Crippen molar-refractivity contribution in [1.29, 1.82) is 0 Å². The zero-order chi connectivity index (χ0) is 21.5. The van der Waals surface area contributed by atoms with Gasteiger partial charge in [0.05, 0.1) is 16.1 Å². The first-order valence-corrected chi connectivity index (χ1v) is 11.2. The number of thiophene rings is 1. The number of nitrogens with zero attached hydrogens (tertiary/aromatic N) is 1. The van der Waals surface area contributed by atoms with E-state index in [4.69, 9.17) is 16.3 Å². The standard InChI is InChI=1S/C23H20ClN3O3S/c1-27-11-10-16-18(12-27)31-22-19(16)21(28)25-20(26-22)13-6-8-14(9-7-13)30-23(29)15-4-2-3-5-17(15)24/h2-9,20,26H,10-12H2,1H3,(H,25,28)/t20-/m1/s1. The number of benzene rings is 2. The molecule has 0 aliphatic carbocycles. The molecule has 158 valence electrons. The summed E-state index contributed by atoms with van der Waals surface area (Å²) in [4.78, 5) is 28.7. The zero-order valence-corrected chi connectivity index (χ0v) is 18.3. The summed E-state index contributed by atoms with van der Waals surface area (Å²) < 4.78 is 5.43. The lowest BCUT2D eigenvalue weighted by molar-refractivity contribution is 0.0734. The van der Waals surface area contributed by atoms with Crippen LogP contribution in [0.15, 0.2) is 48.5 Å². The van der Waals surface area contributed by atoms with Gasteiger partial charge in [0.25, 0.3) is 5.91 Å². The van der Waals surface area contributed by atoms with Crippen LogP contribution in [0.1, 0.15) is 42.9 Å². The molecule has 0 radical (unpaired) electrons. The molecule has 2 aromatic carbocycles. The summed E-state index contributed by atoms with van der Waals surface area (Å²) in [6.45, 7) is 1.83. The van der Waals surface area contributed by atoms with E-state index in [1.54, 1.807) is 47.7 Å². The van der Waals surface area contributed by atoms with E-state index in [0.29, 0.717) is 16.3 Å². The lowest BCUT2D eigenvalue weighted by Gasteiger charge is -2.27. The predicted molar refractivity (Wildman–Crippen MR) is 121 cm³/mol. The van der Waals surface area contributed by atoms with E-state index in [9.17, 15) is 9.59 Å². The van der Waals surface area contributed by atoms with Gasteiger partial charge in [0.15, 0.2) is 0 Å². The molecule has 0 saturated carbocycles. The normalized spacial score (nSPS) is 17.9. The fraction of sp³-hybridized carbons (Fsp3) is 0.217. The molecular formula is C23H20ClN3O3S. The van der Waals surface area contributed by atoms with Gasteiger partial charge in [-0.3, -0.25) is 4.79 Å². The van der Waals surface area contributed by atoms with Crippen molar-refractivity contribution in [3.05, 3.63) is 80.7 Å². The van der Waals surface area contributed by atoms with Gasteiger partial charge < -0.3 is 20.3 Å². The van der Waals surface area contributed by atoms with Crippen molar-refractivity contribution in [2.75, 3.05) is 18.9 Å². The Morgan fingerprint density at radius 1 is 1.16 bits per heavy atom. The van der Waals surface area contributed by atoms with Crippen LogP contribution in [0.2, 0.25) is 5.02 Å². The molecule has 0 saturated heterocycles. The number of carbonyl (C=O) groups excluding carboxylic acids is 2. The van der Waals surface area contributed by atoms with Crippen LogP contribution < -0.4 is 15.4 Å². The Kier molecular flexibility index (Phi) is 5.17. The predicted octanol–water partition coefficient (Wildman–Crippen LogP) is 4.46. The number of esters is 1. The fourth-order valence-electron chi connectivity index (χ4n) is 3.93. The van der Waals surface area contributed by atoms with E-state index in [-0.39, 0.29) is 12.1 Å². The number of hydrogen-bond acceptors (Lipinski definition) is 6. The van der Waals surface area contributed by atoms with Crippen molar-refractivity contribution >= 4 is 39.8 Å². The lowest BCUT2D eigenvalue weighted by atomic mass is 10.0. The van der Waals surface area contributed by atoms with Crippen molar-refractivity contribution in [1.82, 2.24) is 10.2 Å². The molecule has 1 amide bonds. The first-order chi connectivity index (χ1) is 15.0. The molecule has 0 spiro atoms. The monoisotopic (exact) mass is 453 g/mol. The molecule has 5 rings (SSSR count). The van der Waals surface area contributed by atoms with E-state index in [0.717, 1.165) is 35.6 Å². The molecule has 1 atom stereocenters. The molecule has 3 aromatic rings. The molecule has 0 fully saturated rings. The van der Waals surface area contributed by atoms with Crippen LogP contribution in [0.25, 0.3) is 0 Å². The Hall–Kier alpha value is -2.87. The molecular weight excluding hydrogens is 434 g/mol. The summed E-state index contributed by atoms with van der Waals surface area (Å²) in [7, 11) is 2.10. The van der Waals surface area contributed by atoms with Crippen LogP contribution in [0, 0.1) is 0 Å². The fourth-order valence-corrected chi connectivity index (χ4v) is 5.49. The smallest absolute Gasteiger partial charge is 0.345 e. The summed E-state index contributed by atoms with van der Waals surface area (Å²) in [5, 5.41) is 7.77. The minimum atomic E-state index is -0.513. The van der Waals surface area contributed by atoms with Crippen molar-refractivity contribution in [3.63, 3.8) is 0 Å². The summed E-state index contributed by atoms with van der Waals surface area (Å²) in [6.07, 6.45) is 0.550. The molecule has 6 nitrogen and oxygen atoms in total. The molecule has 31 heavy (non-hydrogen) atoms. The van der Waals surface area contributed by atoms with Crippen molar-refractivity contribution in [2.45, 2.75) is 19.1 Å². The Morgan fingerprint density at radius 3 is 2.71 bits per heavy atom. The number of nitrogens with one attached hydrogen (secondary N) is 2. The number of halogens is 1. The van der Waals surface area contributed by atoms with Crippen molar-refractivity contribution in [2.24, 2.45) is 0 Å². The molecule has 0 unspecified atom stereocenters. The second-order valence-electron chi connectivity index (χ2n) is 7.68. The number of hydrogen-bond donors (Lipinski definition) is 2. The van der Waals surface area contributed by atoms with Gasteiger partial charge in [-0.05, 0) is 48.9 Å². The van der Waals surface area contributed by atoms with Crippen LogP contribution in [-0.2, 0) is 13.0 Å². The summed E-state index contributed by atoms with van der Waals surface area (Å²) in [6, 6.07) is 13.8. The maximum atomic E-state index is 12.8. The van der Waals surface area contributed by atoms with Gasteiger partial charge in [-0.2, -0.15) is 0 Å². The molecule has 3 heterocycles. The first-order valence-electron chi connectivity index (χ1n) is 9.97. The number of carbonyl (C=O) groups is 2. The highest BCUT2D eigenvalue weighted by atomic mass is 35.5. The van der Waals surface area contributed by atoms with Gasteiger partial charge >= 0.3 is 5.97 Å². The quantitative estimate of drug-likeness (QED) is 0.452. The summed E-state index contributed by atoms with van der Waals surface area (Å²) in [5.41, 5.74) is 3.15. The highest BCUT2D eigenvalue weighted by Gasteiger charge is 2.32. The minimum absolute atomic E-state index is 0.0463. The average molecular weight is 454 g/mol. The van der Waals surface area contributed by atoms with E-state index in [2.05, 4.69) is 22.6 Å². The van der Waals surface area contributed by atoms with Gasteiger partial charge in [-0.25, -0.2) is 4.79 Å². The molecule has 2 aliphatic rings. The van der Waals surface area contributed by atoms with Crippen LogP contribution in [0.4, 0.5) is 5.00 Å². The maximum absolute atomic E-state index is 12.8. The number of amides is 1. The Balaban J connectivity index is 1.32. The zero-order valence-electron chi connectivity index (χ0n) is 16.8. The third kappa shape index (κ3) is 3.80. The van der Waals surface area contributed by atoms with Crippen LogP contribution in [0.5, 0.6) is 5.75 Å². The Bertz CT molecular complexity index is 1180. The average Bonchev–Trinajstić information content (AvgIpc) is 3.12. The second kappa shape index (κ2) is 8.00. The van der Waals surface area contributed by atoms with E-state index >= 15 is 0 Å². The van der Waals surface area contributed by atoms with Crippen LogP contribution >= 0.6 is 22.9 Å². The van der Waals surface area contributed by atoms with Gasteiger partial charge in [0.1, 0.15) is 16.9 Å². The van der Waals surface area contributed by atoms with Crippen LogP contribution in [-0.4, -0.2) is 30.4 Å². The third-order valence-electron chi connectivity index (χ3n) is 5.54. The van der Waals surface area contributed by atoms with E-state index in [1.165, 1.54) is 10.4 Å². The summed E-state index contributed by atoms with van der Waals surface area (Å²) >= 11 is 7.72. The molecule has 1 aromatic heterocycles. The van der Waals surface area contributed by atoms with Gasteiger partial charge in [0, 0.05) is 18.0 Å². The number of ether oxygens (including phenoxy) is 1. The van der Waals surface area contributed by atoms with Gasteiger partial charge in [-0.15, -0.1) is 11.3 Å². The molecule has 2 N–H and O–H groups in total. The van der Waals surface area contributed by atoms with Gasteiger partial charge in [-0.1, -0.05) is 35.9 Å². The summed E-state index contributed by atoms with van der Waals surface area (Å²) in [5.74, 6) is -0.151. The highest BCUT2D eigenvalue weighted by molar-refractivity contribution is 7.16. The van der Waals surface area contributed by atoms with E-state index in [1.807, 2.05) is 12.1 Å². The largest absolute Gasteiger partial charge is 0.423 e. The molecule has 8 heteroatoms. The van der Waals surface area contributed by atoms with Crippen molar-refractivity contribution in [3.8, 4) is 5.75 Å². The van der Waals surface area contributed by atoms with Gasteiger partial charge in [0.2, 0.25) is 0 Å². The highest BCUT2D eigenvalue weighted by Crippen LogP contribution is 2.40. The number of fused-ring (bicyclic) bond motifs is 3. The maximum Gasteiger partial charge on any atom is 0.345 e. The topological polar surface area (TPSA) is 70.7 Å². The minimum Gasteiger partial charge on any atom is -0.423 e. The number of rotatable bonds is 3. The molecule has 2 aliphatic heterocycles. The number of likely N-dealkylation sites (N-methyl/N-ethyl adjacent to an activating group) is 1. The Labute approximate surface area is 188 Å². The number of anilines is 1. The second-order valence-corrected chi connectivity index (χ2v) is 9.20. The first kappa shape index (κ1) is 20.1. The van der Waals surface area contributed by atoms with Crippen molar-refractivity contribution < 1.29 is 14.3 Å².